The molecular weight excluding hydrogens is 536 g/mol. The van der Waals surface area contributed by atoms with Crippen LogP contribution in [0.1, 0.15) is 24.7 Å². The number of aromatic nitrogens is 2. The van der Waals surface area contributed by atoms with Gasteiger partial charge in [0.2, 0.25) is 15.9 Å². The zero-order valence-corrected chi connectivity index (χ0v) is 20.9. The van der Waals surface area contributed by atoms with Gasteiger partial charge in [-0.2, -0.15) is 17.5 Å². The van der Waals surface area contributed by atoms with Crippen LogP contribution in [0.5, 0.6) is 0 Å². The molecule has 1 fully saturated rings. The van der Waals surface area contributed by atoms with E-state index in [0.717, 1.165) is 40.8 Å². The molecule has 0 spiro atoms. The molecule has 1 aromatic carbocycles. The highest BCUT2D eigenvalue weighted by Crippen LogP contribution is 2.32. The third-order valence-electron chi connectivity index (χ3n) is 5.91. The Morgan fingerprint density at radius 1 is 1.14 bits per heavy atom. The third-order valence-corrected chi connectivity index (χ3v) is 8.10. The molecule has 2 atom stereocenters. The summed E-state index contributed by atoms with van der Waals surface area (Å²) in [6.45, 7) is 1.88. The van der Waals surface area contributed by atoms with Gasteiger partial charge in [-0.25, -0.2) is 12.8 Å². The van der Waals surface area contributed by atoms with Crippen LogP contribution in [-0.4, -0.2) is 41.2 Å². The van der Waals surface area contributed by atoms with Gasteiger partial charge < -0.3 is 5.32 Å². The van der Waals surface area contributed by atoms with Crippen LogP contribution >= 0.6 is 11.6 Å². The summed E-state index contributed by atoms with van der Waals surface area (Å²) in [6, 6.07) is 6.99. The van der Waals surface area contributed by atoms with E-state index in [-0.39, 0.29) is 28.9 Å². The molecule has 1 N–H and O–H groups in total. The van der Waals surface area contributed by atoms with Crippen molar-refractivity contribution in [3.63, 3.8) is 0 Å². The second-order valence-corrected chi connectivity index (χ2v) is 11.0. The van der Waals surface area contributed by atoms with Crippen LogP contribution in [0.2, 0.25) is 5.02 Å². The highest BCUT2D eigenvalue weighted by Gasteiger charge is 2.42. The number of amides is 1. The van der Waals surface area contributed by atoms with Crippen molar-refractivity contribution in [2.75, 3.05) is 6.54 Å². The van der Waals surface area contributed by atoms with Crippen molar-refractivity contribution in [2.24, 2.45) is 5.92 Å². The van der Waals surface area contributed by atoms with E-state index >= 15 is 0 Å². The van der Waals surface area contributed by atoms with Crippen LogP contribution in [-0.2, 0) is 27.5 Å². The highest BCUT2D eigenvalue weighted by atomic mass is 35.5. The SMILES string of the molecule is C[C@@H]1C[C@@H](C(=O)NCc2cc(-c3ccc(C(F)(F)F)nc3)c(Cl)cn2)N(S(=O)(=O)c2ccc(F)cc2)C1. The number of sulfonamides is 1. The lowest BCUT2D eigenvalue weighted by Gasteiger charge is -2.23. The number of rotatable bonds is 6. The smallest absolute Gasteiger partial charge is 0.349 e. The maximum absolute atomic E-state index is 13.3. The number of carbonyl (C=O) groups is 1. The molecule has 0 unspecified atom stereocenters. The number of halogens is 5. The predicted octanol–water partition coefficient (Wildman–Crippen LogP) is 4.67. The number of carbonyl (C=O) groups excluding carboxylic acids is 1. The predicted molar refractivity (Wildman–Crippen MR) is 127 cm³/mol. The van der Waals surface area contributed by atoms with E-state index in [1.165, 1.54) is 18.3 Å². The Bertz CT molecular complexity index is 1400. The zero-order chi connectivity index (χ0) is 27.0. The van der Waals surface area contributed by atoms with E-state index in [2.05, 4.69) is 15.3 Å². The van der Waals surface area contributed by atoms with Crippen molar-refractivity contribution in [1.29, 1.82) is 0 Å². The number of benzene rings is 1. The van der Waals surface area contributed by atoms with Crippen molar-refractivity contribution >= 4 is 27.5 Å². The lowest BCUT2D eigenvalue weighted by atomic mass is 10.1. The summed E-state index contributed by atoms with van der Waals surface area (Å²) in [5, 5.41) is 2.85. The molecule has 0 aliphatic carbocycles. The van der Waals surface area contributed by atoms with Gasteiger partial charge in [-0.1, -0.05) is 24.6 Å². The molecule has 1 aliphatic rings. The first kappa shape index (κ1) is 27.0. The van der Waals surface area contributed by atoms with Gasteiger partial charge in [0.25, 0.3) is 0 Å². The quantitative estimate of drug-likeness (QED) is 0.446. The molecule has 4 rings (SSSR count). The number of alkyl halides is 3. The normalized spacial score (nSPS) is 18.6. The Kier molecular flexibility index (Phi) is 7.54. The fourth-order valence-corrected chi connectivity index (χ4v) is 6.00. The molecule has 0 saturated carbocycles. The van der Waals surface area contributed by atoms with Crippen molar-refractivity contribution < 1.29 is 30.8 Å². The first-order valence-corrected chi connectivity index (χ1v) is 12.9. The number of nitrogens with zero attached hydrogens (tertiary/aromatic N) is 3. The van der Waals surface area contributed by atoms with Crippen LogP contribution in [0.15, 0.2) is 59.8 Å². The second kappa shape index (κ2) is 10.3. The number of nitrogens with one attached hydrogen (secondary N) is 1. The van der Waals surface area contributed by atoms with Gasteiger partial charge in [0.1, 0.15) is 17.6 Å². The maximum atomic E-state index is 13.3. The van der Waals surface area contributed by atoms with Crippen LogP contribution in [0.4, 0.5) is 17.6 Å². The molecule has 196 valence electrons. The van der Waals surface area contributed by atoms with Crippen LogP contribution in [0.25, 0.3) is 11.1 Å². The van der Waals surface area contributed by atoms with Crippen molar-refractivity contribution in [3.05, 3.63) is 77.1 Å². The summed E-state index contributed by atoms with van der Waals surface area (Å²) in [4.78, 5) is 20.5. The first-order chi connectivity index (χ1) is 17.4. The minimum atomic E-state index is -4.58. The minimum Gasteiger partial charge on any atom is -0.349 e. The largest absolute Gasteiger partial charge is 0.433 e. The van der Waals surface area contributed by atoms with Gasteiger partial charge in [0.05, 0.1) is 22.2 Å². The van der Waals surface area contributed by atoms with E-state index in [9.17, 15) is 30.8 Å². The molecule has 1 amide bonds. The van der Waals surface area contributed by atoms with E-state index in [4.69, 9.17) is 11.6 Å². The van der Waals surface area contributed by atoms with Gasteiger partial charge in [-0.3, -0.25) is 14.8 Å². The Morgan fingerprint density at radius 3 is 2.46 bits per heavy atom. The van der Waals surface area contributed by atoms with E-state index < -0.39 is 39.7 Å². The summed E-state index contributed by atoms with van der Waals surface area (Å²) in [5.74, 6) is -1.20. The Balaban J connectivity index is 1.50. The van der Waals surface area contributed by atoms with Gasteiger partial charge in [0, 0.05) is 30.1 Å². The van der Waals surface area contributed by atoms with Crippen LogP contribution in [0.3, 0.4) is 0 Å². The molecule has 7 nitrogen and oxygen atoms in total. The topological polar surface area (TPSA) is 92.3 Å². The third kappa shape index (κ3) is 5.91. The number of pyridine rings is 2. The molecule has 3 aromatic rings. The Morgan fingerprint density at radius 2 is 1.84 bits per heavy atom. The fraction of sp³-hybridized carbons (Fsp3) is 0.292. The Hall–Kier alpha value is -3.09. The summed E-state index contributed by atoms with van der Waals surface area (Å²) < 4.78 is 79.1. The molecular formula is C24H21ClF4N4O3S. The molecule has 2 aromatic heterocycles. The van der Waals surface area contributed by atoms with E-state index in [0.29, 0.717) is 23.2 Å². The highest BCUT2D eigenvalue weighted by molar-refractivity contribution is 7.89. The van der Waals surface area contributed by atoms with Gasteiger partial charge in [-0.05, 0) is 48.7 Å². The van der Waals surface area contributed by atoms with Crippen molar-refractivity contribution in [1.82, 2.24) is 19.6 Å². The monoisotopic (exact) mass is 556 g/mol. The molecule has 1 aliphatic heterocycles. The van der Waals surface area contributed by atoms with Crippen LogP contribution < -0.4 is 5.32 Å². The summed E-state index contributed by atoms with van der Waals surface area (Å²) in [7, 11) is -4.04. The molecule has 13 heteroatoms. The van der Waals surface area contributed by atoms with Gasteiger partial charge >= 0.3 is 6.18 Å². The lowest BCUT2D eigenvalue weighted by molar-refractivity contribution is -0.141. The van der Waals surface area contributed by atoms with Crippen LogP contribution in [0, 0.1) is 11.7 Å². The summed E-state index contributed by atoms with van der Waals surface area (Å²) in [6.07, 6.45) is -1.93. The Labute approximate surface area is 215 Å². The number of hydrogen-bond acceptors (Lipinski definition) is 5. The van der Waals surface area contributed by atoms with Gasteiger partial charge in [0.15, 0.2) is 0 Å². The molecule has 1 saturated heterocycles. The van der Waals surface area contributed by atoms with E-state index in [1.54, 1.807) is 0 Å². The number of hydrogen-bond donors (Lipinski definition) is 1. The summed E-state index contributed by atoms with van der Waals surface area (Å²) >= 11 is 6.18. The summed E-state index contributed by atoms with van der Waals surface area (Å²) in [5.41, 5.74) is 0.0118. The average molecular weight is 557 g/mol. The molecule has 0 bridgehead atoms. The van der Waals surface area contributed by atoms with Crippen molar-refractivity contribution in [2.45, 2.75) is 37.0 Å². The standard InChI is InChI=1S/C24H21ClF4N4O3S/c1-14-8-21(33(13-14)37(35,36)18-5-3-16(26)4-6-18)23(34)32-11-17-9-19(20(25)12-30-17)15-2-7-22(31-10-15)24(27,28)29/h2-7,9-10,12,14,21H,8,11,13H2,1H3,(H,32,34)/t14-,21+/m1/s1. The molecule has 3 heterocycles. The van der Waals surface area contributed by atoms with E-state index in [1.807, 2.05) is 6.92 Å². The fourth-order valence-electron chi connectivity index (χ4n) is 4.07. The van der Waals surface area contributed by atoms with Gasteiger partial charge in [-0.15, -0.1) is 0 Å². The second-order valence-electron chi connectivity index (χ2n) is 8.69. The zero-order valence-electron chi connectivity index (χ0n) is 19.3. The maximum Gasteiger partial charge on any atom is 0.433 e. The minimum absolute atomic E-state index is 0.0770. The molecule has 37 heavy (non-hydrogen) atoms. The molecule has 0 radical (unpaired) electrons. The lowest BCUT2D eigenvalue weighted by Crippen LogP contribution is -2.45. The average Bonchev–Trinajstić information content (AvgIpc) is 3.26. The first-order valence-electron chi connectivity index (χ1n) is 11.1. The van der Waals surface area contributed by atoms with Crippen molar-refractivity contribution in [3.8, 4) is 11.1 Å².